The van der Waals surface area contributed by atoms with Crippen LogP contribution in [0.5, 0.6) is 0 Å². The Bertz CT molecular complexity index is 1060. The number of hydrogen-bond donors (Lipinski definition) is 1. The Morgan fingerprint density at radius 2 is 1.67 bits per heavy atom. The number of rotatable bonds is 6. The van der Waals surface area contributed by atoms with E-state index >= 15 is 0 Å². The fourth-order valence-corrected chi connectivity index (χ4v) is 5.33. The molecule has 0 radical (unpaired) electrons. The standard InChI is InChI=1S/C22H26Cl2N2O3S/c1-14(17-9-8-16-6-4-5-7-18(16)12-17)25-22(27)15(2)26(30(3,28)29)19-10-11-20(23)21(24)13-19/h8-15H,4-7H2,1-3H3,(H,25,27)/t14-,15-/m0/s1. The largest absolute Gasteiger partial charge is 0.348 e. The van der Waals surface area contributed by atoms with Crippen LogP contribution in [0.2, 0.25) is 10.0 Å². The summed E-state index contributed by atoms with van der Waals surface area (Å²) in [7, 11) is -3.73. The van der Waals surface area contributed by atoms with Gasteiger partial charge in [0.05, 0.1) is 28.0 Å². The summed E-state index contributed by atoms with van der Waals surface area (Å²) in [6.07, 6.45) is 5.61. The van der Waals surface area contributed by atoms with E-state index in [9.17, 15) is 13.2 Å². The molecule has 5 nitrogen and oxygen atoms in total. The minimum Gasteiger partial charge on any atom is -0.348 e. The number of sulfonamides is 1. The van der Waals surface area contributed by atoms with E-state index in [1.54, 1.807) is 6.92 Å². The van der Waals surface area contributed by atoms with Crippen molar-refractivity contribution in [2.75, 3.05) is 10.6 Å². The third-order valence-corrected chi connectivity index (χ3v) is 7.46. The molecule has 1 amide bonds. The number of amides is 1. The molecule has 3 rings (SSSR count). The van der Waals surface area contributed by atoms with E-state index in [4.69, 9.17) is 23.2 Å². The summed E-state index contributed by atoms with van der Waals surface area (Å²) in [5.41, 5.74) is 4.01. The maximum atomic E-state index is 13.0. The molecule has 1 N–H and O–H groups in total. The lowest BCUT2D eigenvalue weighted by Gasteiger charge is -2.29. The zero-order chi connectivity index (χ0) is 22.1. The molecule has 2 aromatic rings. The Morgan fingerprint density at radius 3 is 2.30 bits per heavy atom. The van der Waals surface area contributed by atoms with Gasteiger partial charge in [0.2, 0.25) is 15.9 Å². The average Bonchev–Trinajstić information content (AvgIpc) is 2.69. The van der Waals surface area contributed by atoms with Crippen molar-refractivity contribution in [1.29, 1.82) is 0 Å². The van der Waals surface area contributed by atoms with Crippen molar-refractivity contribution >= 4 is 44.8 Å². The van der Waals surface area contributed by atoms with Crippen LogP contribution in [0.25, 0.3) is 0 Å². The molecule has 0 aromatic heterocycles. The molecule has 0 fully saturated rings. The number of halogens is 2. The SMILES string of the molecule is C[C@H](NC(=O)[C@H](C)N(c1ccc(Cl)c(Cl)c1)S(C)(=O)=O)c1ccc2c(c1)CCCC2. The first-order valence-corrected chi connectivity index (χ1v) is 12.5. The van der Waals surface area contributed by atoms with Gasteiger partial charge in [-0.3, -0.25) is 9.10 Å². The lowest BCUT2D eigenvalue weighted by molar-refractivity contribution is -0.122. The van der Waals surface area contributed by atoms with Gasteiger partial charge in [-0.1, -0.05) is 41.4 Å². The van der Waals surface area contributed by atoms with Crippen LogP contribution < -0.4 is 9.62 Å². The zero-order valence-corrected chi connectivity index (χ0v) is 19.6. The van der Waals surface area contributed by atoms with Gasteiger partial charge in [0.25, 0.3) is 0 Å². The van der Waals surface area contributed by atoms with Crippen molar-refractivity contribution < 1.29 is 13.2 Å². The van der Waals surface area contributed by atoms with Gasteiger partial charge in [0, 0.05) is 0 Å². The Hall–Kier alpha value is -1.76. The Morgan fingerprint density at radius 1 is 1.00 bits per heavy atom. The molecule has 0 bridgehead atoms. The smallest absolute Gasteiger partial charge is 0.244 e. The number of aryl methyl sites for hydroxylation is 2. The quantitative estimate of drug-likeness (QED) is 0.654. The molecule has 0 spiro atoms. The molecule has 0 saturated heterocycles. The van der Waals surface area contributed by atoms with Crippen molar-refractivity contribution in [3.05, 3.63) is 63.1 Å². The zero-order valence-electron chi connectivity index (χ0n) is 17.3. The molecule has 162 valence electrons. The second kappa shape index (κ2) is 9.16. The minimum absolute atomic E-state index is 0.220. The molecule has 1 aliphatic rings. The topological polar surface area (TPSA) is 66.5 Å². The lowest BCUT2D eigenvalue weighted by atomic mass is 9.89. The van der Waals surface area contributed by atoms with Crippen molar-refractivity contribution in [3.8, 4) is 0 Å². The summed E-state index contributed by atoms with van der Waals surface area (Å²) in [5, 5.41) is 3.48. The van der Waals surface area contributed by atoms with E-state index in [-0.39, 0.29) is 16.8 Å². The lowest BCUT2D eigenvalue weighted by Crippen LogP contribution is -2.48. The van der Waals surface area contributed by atoms with Crippen molar-refractivity contribution in [2.24, 2.45) is 0 Å². The minimum atomic E-state index is -3.73. The maximum Gasteiger partial charge on any atom is 0.244 e. The van der Waals surface area contributed by atoms with E-state index in [2.05, 4.69) is 17.4 Å². The van der Waals surface area contributed by atoms with E-state index in [0.717, 1.165) is 29.0 Å². The molecule has 30 heavy (non-hydrogen) atoms. The van der Waals surface area contributed by atoms with Gasteiger partial charge in [0.15, 0.2) is 0 Å². The molecular formula is C22H26Cl2N2O3S. The summed E-state index contributed by atoms with van der Waals surface area (Å²) >= 11 is 12.0. The molecule has 1 aliphatic carbocycles. The third kappa shape index (κ3) is 5.10. The first-order chi connectivity index (χ1) is 14.1. The van der Waals surface area contributed by atoms with Gasteiger partial charge >= 0.3 is 0 Å². The monoisotopic (exact) mass is 468 g/mol. The summed E-state index contributed by atoms with van der Waals surface area (Å²) in [6, 6.07) is 9.60. The molecule has 0 unspecified atom stereocenters. The number of carbonyl (C=O) groups excluding carboxylic acids is 1. The molecule has 0 saturated carbocycles. The Balaban J connectivity index is 1.80. The van der Waals surface area contributed by atoms with Crippen LogP contribution in [0, 0.1) is 0 Å². The molecule has 0 aliphatic heterocycles. The van der Waals surface area contributed by atoms with Crippen LogP contribution in [0.4, 0.5) is 5.69 Å². The highest BCUT2D eigenvalue weighted by Gasteiger charge is 2.30. The van der Waals surface area contributed by atoms with Crippen molar-refractivity contribution in [2.45, 2.75) is 51.6 Å². The predicted octanol–water partition coefficient (Wildman–Crippen LogP) is 4.90. The summed E-state index contributed by atoms with van der Waals surface area (Å²) in [4.78, 5) is 13.0. The molecule has 2 aromatic carbocycles. The first kappa shape index (κ1) is 22.9. The summed E-state index contributed by atoms with van der Waals surface area (Å²) in [6.45, 7) is 3.46. The van der Waals surface area contributed by atoms with Crippen molar-refractivity contribution in [1.82, 2.24) is 5.32 Å². The first-order valence-electron chi connectivity index (χ1n) is 9.94. The number of fused-ring (bicyclic) bond motifs is 1. The fraction of sp³-hybridized carbons (Fsp3) is 0.409. The van der Waals surface area contributed by atoms with Crippen LogP contribution in [0.3, 0.4) is 0 Å². The molecule has 2 atom stereocenters. The molecule has 8 heteroatoms. The highest BCUT2D eigenvalue weighted by Crippen LogP contribution is 2.30. The van der Waals surface area contributed by atoms with Crippen LogP contribution >= 0.6 is 23.2 Å². The maximum absolute atomic E-state index is 13.0. The van der Waals surface area contributed by atoms with Gasteiger partial charge in [-0.2, -0.15) is 0 Å². The van der Waals surface area contributed by atoms with Crippen molar-refractivity contribution in [3.63, 3.8) is 0 Å². The Kier molecular flexibility index (Phi) is 7.00. The predicted molar refractivity (Wildman–Crippen MR) is 123 cm³/mol. The number of hydrogen-bond acceptors (Lipinski definition) is 3. The van der Waals surface area contributed by atoms with Gasteiger partial charge < -0.3 is 5.32 Å². The Labute approximate surface area is 188 Å². The highest BCUT2D eigenvalue weighted by atomic mass is 35.5. The van der Waals surface area contributed by atoms with Gasteiger partial charge in [-0.05, 0) is 74.4 Å². The van der Waals surface area contributed by atoms with Crippen LogP contribution in [0.1, 0.15) is 49.4 Å². The normalized spacial score (nSPS) is 15.8. The summed E-state index contributed by atoms with van der Waals surface area (Å²) in [5.74, 6) is -0.392. The van der Waals surface area contributed by atoms with Gasteiger partial charge in [-0.25, -0.2) is 8.42 Å². The van der Waals surface area contributed by atoms with Gasteiger partial charge in [0.1, 0.15) is 6.04 Å². The molecular weight excluding hydrogens is 443 g/mol. The second-order valence-electron chi connectivity index (χ2n) is 7.80. The third-order valence-electron chi connectivity index (χ3n) is 5.48. The van der Waals surface area contributed by atoms with E-state index < -0.39 is 22.0 Å². The number of benzene rings is 2. The van der Waals surface area contributed by atoms with E-state index in [1.807, 2.05) is 13.0 Å². The van der Waals surface area contributed by atoms with E-state index in [0.29, 0.717) is 5.02 Å². The second-order valence-corrected chi connectivity index (χ2v) is 10.5. The fourth-order valence-electron chi connectivity index (χ4n) is 3.87. The number of nitrogens with one attached hydrogen (secondary N) is 1. The number of nitrogens with zero attached hydrogens (tertiary/aromatic N) is 1. The van der Waals surface area contributed by atoms with E-state index in [1.165, 1.54) is 42.2 Å². The number of anilines is 1. The summed E-state index contributed by atoms with van der Waals surface area (Å²) < 4.78 is 26.0. The van der Waals surface area contributed by atoms with Crippen LogP contribution in [-0.4, -0.2) is 26.6 Å². The highest BCUT2D eigenvalue weighted by molar-refractivity contribution is 7.92. The molecule has 0 heterocycles. The average molecular weight is 469 g/mol. The van der Waals surface area contributed by atoms with Crippen LogP contribution in [-0.2, 0) is 27.7 Å². The number of carbonyl (C=O) groups is 1. The van der Waals surface area contributed by atoms with Gasteiger partial charge in [-0.15, -0.1) is 0 Å². The van der Waals surface area contributed by atoms with Crippen LogP contribution in [0.15, 0.2) is 36.4 Å².